The van der Waals surface area contributed by atoms with Crippen LogP contribution in [0.15, 0.2) is 30.3 Å². The third-order valence-corrected chi connectivity index (χ3v) is 2.95. The van der Waals surface area contributed by atoms with E-state index in [0.29, 0.717) is 19.1 Å². The first-order valence-corrected chi connectivity index (χ1v) is 6.57. The van der Waals surface area contributed by atoms with Crippen LogP contribution in [0, 0.1) is 5.92 Å². The van der Waals surface area contributed by atoms with Crippen molar-refractivity contribution in [1.29, 1.82) is 0 Å². The Morgan fingerprint density at radius 1 is 1.33 bits per heavy atom. The van der Waals surface area contributed by atoms with E-state index in [9.17, 15) is 0 Å². The van der Waals surface area contributed by atoms with Gasteiger partial charge in [-0.2, -0.15) is 0 Å². The summed E-state index contributed by atoms with van der Waals surface area (Å²) >= 11 is 0. The van der Waals surface area contributed by atoms with E-state index in [4.69, 9.17) is 14.2 Å². The fourth-order valence-electron chi connectivity index (χ4n) is 2.33. The van der Waals surface area contributed by atoms with E-state index in [2.05, 4.69) is 13.8 Å². The third-order valence-electron chi connectivity index (χ3n) is 2.95. The van der Waals surface area contributed by atoms with Crippen LogP contribution >= 0.6 is 0 Å². The predicted octanol–water partition coefficient (Wildman–Crippen LogP) is 3.24. The summed E-state index contributed by atoms with van der Waals surface area (Å²) < 4.78 is 17.4. The molecule has 0 spiro atoms. The van der Waals surface area contributed by atoms with Crippen molar-refractivity contribution in [2.45, 2.75) is 39.1 Å². The van der Waals surface area contributed by atoms with Crippen LogP contribution in [-0.2, 0) is 9.47 Å². The van der Waals surface area contributed by atoms with Crippen molar-refractivity contribution in [1.82, 2.24) is 0 Å². The normalized spacial score (nSPS) is 27.7. The zero-order valence-corrected chi connectivity index (χ0v) is 11.4. The van der Waals surface area contributed by atoms with Crippen molar-refractivity contribution in [3.63, 3.8) is 0 Å². The van der Waals surface area contributed by atoms with Crippen LogP contribution in [0.3, 0.4) is 0 Å². The minimum absolute atomic E-state index is 0.0222. The molecule has 1 aliphatic heterocycles. The standard InChI is InChI=1S/C15H22O3/c1-12(2)9-15(3)17-11-14(18-15)10-16-13-7-5-4-6-8-13/h4-8,12,14H,9-11H2,1-3H3. The van der Waals surface area contributed by atoms with Gasteiger partial charge in [-0.25, -0.2) is 0 Å². The lowest BCUT2D eigenvalue weighted by molar-refractivity contribution is -0.166. The molecule has 1 aromatic rings. The maximum absolute atomic E-state index is 5.93. The molecule has 0 aliphatic carbocycles. The van der Waals surface area contributed by atoms with E-state index >= 15 is 0 Å². The molecular weight excluding hydrogens is 228 g/mol. The number of ether oxygens (including phenoxy) is 3. The molecule has 0 N–H and O–H groups in total. The molecular formula is C15H22O3. The van der Waals surface area contributed by atoms with Gasteiger partial charge in [0.15, 0.2) is 5.79 Å². The van der Waals surface area contributed by atoms with Crippen molar-refractivity contribution in [2.24, 2.45) is 5.92 Å². The van der Waals surface area contributed by atoms with Gasteiger partial charge in [0.2, 0.25) is 0 Å². The van der Waals surface area contributed by atoms with Crippen LogP contribution in [0.25, 0.3) is 0 Å². The lowest BCUT2D eigenvalue weighted by Crippen LogP contribution is -2.30. The lowest BCUT2D eigenvalue weighted by atomic mass is 10.0. The molecule has 1 aliphatic rings. The highest BCUT2D eigenvalue weighted by Crippen LogP contribution is 2.30. The maximum atomic E-state index is 5.93. The second kappa shape index (κ2) is 5.72. The van der Waals surface area contributed by atoms with Gasteiger partial charge in [0.25, 0.3) is 0 Å². The summed E-state index contributed by atoms with van der Waals surface area (Å²) in [6.07, 6.45) is 0.934. The first-order chi connectivity index (χ1) is 8.57. The van der Waals surface area contributed by atoms with Crippen LogP contribution in [0.5, 0.6) is 5.75 Å². The van der Waals surface area contributed by atoms with E-state index in [1.54, 1.807) is 0 Å². The lowest BCUT2D eigenvalue weighted by Gasteiger charge is -2.25. The SMILES string of the molecule is CC(C)CC1(C)OCC(COc2ccccc2)O1. The summed E-state index contributed by atoms with van der Waals surface area (Å²) in [5, 5.41) is 0. The minimum Gasteiger partial charge on any atom is -0.491 e. The number of rotatable bonds is 5. The molecule has 18 heavy (non-hydrogen) atoms. The second-order valence-corrected chi connectivity index (χ2v) is 5.41. The highest BCUT2D eigenvalue weighted by molar-refractivity contribution is 5.20. The Kier molecular flexibility index (Phi) is 4.25. The predicted molar refractivity (Wildman–Crippen MR) is 70.6 cm³/mol. The van der Waals surface area contributed by atoms with Crippen LogP contribution in [-0.4, -0.2) is 25.1 Å². The van der Waals surface area contributed by atoms with Gasteiger partial charge < -0.3 is 14.2 Å². The number of benzene rings is 1. The molecule has 2 unspecified atom stereocenters. The zero-order valence-electron chi connectivity index (χ0n) is 11.4. The molecule has 0 bridgehead atoms. The summed E-state index contributed by atoms with van der Waals surface area (Å²) in [6.45, 7) is 7.50. The molecule has 1 fully saturated rings. The highest BCUT2D eigenvalue weighted by Gasteiger charge is 2.37. The second-order valence-electron chi connectivity index (χ2n) is 5.41. The van der Waals surface area contributed by atoms with E-state index < -0.39 is 5.79 Å². The summed E-state index contributed by atoms with van der Waals surface area (Å²) in [4.78, 5) is 0. The summed E-state index contributed by atoms with van der Waals surface area (Å²) in [5.74, 6) is 0.987. The van der Waals surface area contributed by atoms with Gasteiger partial charge in [-0.3, -0.25) is 0 Å². The summed E-state index contributed by atoms with van der Waals surface area (Å²) in [5.41, 5.74) is 0. The van der Waals surface area contributed by atoms with Crippen molar-refractivity contribution >= 4 is 0 Å². The van der Waals surface area contributed by atoms with Gasteiger partial charge in [0.1, 0.15) is 18.5 Å². The molecule has 0 aromatic heterocycles. The van der Waals surface area contributed by atoms with Crippen LogP contribution in [0.1, 0.15) is 27.2 Å². The largest absolute Gasteiger partial charge is 0.491 e. The fourth-order valence-corrected chi connectivity index (χ4v) is 2.33. The van der Waals surface area contributed by atoms with Gasteiger partial charge in [0.05, 0.1) is 6.61 Å². The Morgan fingerprint density at radius 2 is 2.06 bits per heavy atom. The molecule has 3 heteroatoms. The molecule has 2 atom stereocenters. The highest BCUT2D eigenvalue weighted by atomic mass is 16.7. The molecule has 0 amide bonds. The molecule has 0 radical (unpaired) electrons. The Morgan fingerprint density at radius 3 is 2.72 bits per heavy atom. The first-order valence-electron chi connectivity index (χ1n) is 6.57. The monoisotopic (exact) mass is 250 g/mol. The van der Waals surface area contributed by atoms with Gasteiger partial charge in [-0.15, -0.1) is 0 Å². The van der Waals surface area contributed by atoms with Crippen molar-refractivity contribution in [3.05, 3.63) is 30.3 Å². The molecule has 1 saturated heterocycles. The molecule has 100 valence electrons. The third kappa shape index (κ3) is 3.72. The Balaban J connectivity index is 1.79. The molecule has 2 rings (SSSR count). The average molecular weight is 250 g/mol. The van der Waals surface area contributed by atoms with E-state index in [1.165, 1.54) is 0 Å². The fraction of sp³-hybridized carbons (Fsp3) is 0.600. The van der Waals surface area contributed by atoms with Crippen LogP contribution < -0.4 is 4.74 Å². The average Bonchev–Trinajstić information content (AvgIpc) is 2.68. The number of hydrogen-bond acceptors (Lipinski definition) is 3. The number of hydrogen-bond donors (Lipinski definition) is 0. The van der Waals surface area contributed by atoms with Crippen molar-refractivity contribution < 1.29 is 14.2 Å². The Hall–Kier alpha value is -1.06. The van der Waals surface area contributed by atoms with Crippen LogP contribution in [0.4, 0.5) is 0 Å². The van der Waals surface area contributed by atoms with Crippen molar-refractivity contribution in [2.75, 3.05) is 13.2 Å². The molecule has 1 heterocycles. The smallest absolute Gasteiger partial charge is 0.166 e. The van der Waals surface area contributed by atoms with E-state index in [0.717, 1.165) is 12.2 Å². The minimum atomic E-state index is -0.446. The van der Waals surface area contributed by atoms with Crippen molar-refractivity contribution in [3.8, 4) is 5.75 Å². The Labute approximate surface area is 109 Å². The van der Waals surface area contributed by atoms with E-state index in [1.807, 2.05) is 37.3 Å². The van der Waals surface area contributed by atoms with Gasteiger partial charge in [-0.05, 0) is 25.0 Å². The quantitative estimate of drug-likeness (QED) is 0.803. The summed E-state index contributed by atoms with van der Waals surface area (Å²) in [6, 6.07) is 9.79. The first kappa shape index (κ1) is 13.4. The molecule has 1 aromatic carbocycles. The Bertz CT molecular complexity index is 363. The van der Waals surface area contributed by atoms with Gasteiger partial charge in [-0.1, -0.05) is 32.0 Å². The topological polar surface area (TPSA) is 27.7 Å². The van der Waals surface area contributed by atoms with Gasteiger partial charge in [0, 0.05) is 6.42 Å². The van der Waals surface area contributed by atoms with Gasteiger partial charge >= 0.3 is 0 Å². The number of para-hydroxylation sites is 1. The molecule has 0 saturated carbocycles. The summed E-state index contributed by atoms with van der Waals surface area (Å²) in [7, 11) is 0. The van der Waals surface area contributed by atoms with Crippen LogP contribution in [0.2, 0.25) is 0 Å². The zero-order chi connectivity index (χ0) is 13.0. The maximum Gasteiger partial charge on any atom is 0.166 e. The van der Waals surface area contributed by atoms with E-state index in [-0.39, 0.29) is 6.10 Å². The molecule has 3 nitrogen and oxygen atoms in total.